The molecule has 0 radical (unpaired) electrons. The van der Waals surface area contributed by atoms with E-state index < -0.39 is 17.5 Å². The molecule has 0 spiro atoms. The van der Waals surface area contributed by atoms with Crippen LogP contribution in [0, 0.1) is 0 Å². The van der Waals surface area contributed by atoms with Crippen molar-refractivity contribution in [2.45, 2.75) is 43.6 Å². The van der Waals surface area contributed by atoms with Gasteiger partial charge in [-0.15, -0.1) is 0 Å². The molecule has 1 aromatic carbocycles. The highest BCUT2D eigenvalue weighted by Crippen LogP contribution is 2.48. The van der Waals surface area contributed by atoms with Crippen LogP contribution in [0.5, 0.6) is 17.2 Å². The van der Waals surface area contributed by atoms with Crippen LogP contribution in [0.1, 0.15) is 43.6 Å². The number of phenols is 1. The number of phenolic OH excluding ortho intramolecular Hbond substituents is 1. The second-order valence-electron chi connectivity index (χ2n) is 7.49. The van der Waals surface area contributed by atoms with Crippen molar-refractivity contribution < 1.29 is 34.8 Å². The number of rotatable bonds is 4. The molecule has 0 aromatic heterocycles. The molecule has 3 rings (SSSR count). The fraction of sp³-hybridized carbons (Fsp3) is 0.500. The van der Waals surface area contributed by atoms with Gasteiger partial charge in [0.05, 0.1) is 5.60 Å². The Morgan fingerprint density at radius 3 is 2.18 bits per heavy atom. The minimum Gasteiger partial charge on any atom is -0.504 e. The lowest BCUT2D eigenvalue weighted by Gasteiger charge is -2.41. The molecule has 28 heavy (non-hydrogen) atoms. The van der Waals surface area contributed by atoms with Crippen molar-refractivity contribution in [3.63, 3.8) is 0 Å². The topological polar surface area (TPSA) is 128 Å². The van der Waals surface area contributed by atoms with Crippen molar-refractivity contribution in [2.75, 3.05) is 20.6 Å². The van der Waals surface area contributed by atoms with Crippen LogP contribution in [0.2, 0.25) is 0 Å². The van der Waals surface area contributed by atoms with Crippen LogP contribution in [0.15, 0.2) is 24.3 Å². The van der Waals surface area contributed by atoms with Crippen LogP contribution in [-0.2, 0) is 9.59 Å². The molecule has 1 unspecified atom stereocenters. The summed E-state index contributed by atoms with van der Waals surface area (Å²) in [6.45, 7) is 0.509. The Kier molecular flexibility index (Phi) is 6.82. The molecule has 2 aliphatic rings. The molecule has 8 heteroatoms. The maximum atomic E-state index is 12.0. The number of esters is 2. The van der Waals surface area contributed by atoms with Crippen molar-refractivity contribution in [2.24, 2.45) is 0 Å². The highest BCUT2D eigenvalue weighted by molar-refractivity contribution is 5.95. The summed E-state index contributed by atoms with van der Waals surface area (Å²) in [6.07, 6.45) is 6.10. The number of aliphatic hydroxyl groups is 1. The standard InChI is InChI=1S/C20H25NO6.H2O/c1-21(2)12-14(20(25)10-4-3-5-11-20)13-6-7-15(22)19-18(13)26-16(23)8-9-17(24)27-19;/h6-9,14,22,25H,3-5,10-12H2,1-2H3;1H2/b9-8+;. The average Bonchev–Trinajstić information content (AvgIpc) is 2.61. The minimum atomic E-state index is -0.970. The maximum absolute atomic E-state index is 12.0. The van der Waals surface area contributed by atoms with Gasteiger partial charge in [-0.2, -0.15) is 0 Å². The Bertz CT molecular complexity index is 766. The van der Waals surface area contributed by atoms with E-state index in [2.05, 4.69) is 0 Å². The van der Waals surface area contributed by atoms with Crippen molar-refractivity contribution in [1.82, 2.24) is 4.90 Å². The maximum Gasteiger partial charge on any atom is 0.336 e. The molecule has 154 valence electrons. The van der Waals surface area contributed by atoms with Gasteiger partial charge >= 0.3 is 11.9 Å². The van der Waals surface area contributed by atoms with Gasteiger partial charge < -0.3 is 30.1 Å². The van der Waals surface area contributed by atoms with E-state index in [9.17, 15) is 19.8 Å². The smallest absolute Gasteiger partial charge is 0.336 e. The monoisotopic (exact) mass is 393 g/mol. The molecule has 1 aromatic rings. The second kappa shape index (κ2) is 8.72. The van der Waals surface area contributed by atoms with Crippen LogP contribution in [0.4, 0.5) is 0 Å². The van der Waals surface area contributed by atoms with E-state index in [0.717, 1.165) is 31.4 Å². The van der Waals surface area contributed by atoms with Crippen LogP contribution in [0.3, 0.4) is 0 Å². The van der Waals surface area contributed by atoms with Crippen LogP contribution in [0.25, 0.3) is 0 Å². The zero-order chi connectivity index (χ0) is 19.6. The quantitative estimate of drug-likeness (QED) is 0.583. The molecule has 0 saturated heterocycles. The Hall–Kier alpha value is -2.42. The molecule has 1 fully saturated rings. The number of aromatic hydroxyl groups is 1. The van der Waals surface area contributed by atoms with E-state index >= 15 is 0 Å². The Labute approximate surface area is 163 Å². The first-order valence-electron chi connectivity index (χ1n) is 9.15. The summed E-state index contributed by atoms with van der Waals surface area (Å²) in [6, 6.07) is 3.02. The highest BCUT2D eigenvalue weighted by atomic mass is 16.6. The van der Waals surface area contributed by atoms with Crippen molar-refractivity contribution in [3.05, 3.63) is 29.8 Å². The number of hydrogen-bond acceptors (Lipinski definition) is 7. The zero-order valence-electron chi connectivity index (χ0n) is 16.1. The summed E-state index contributed by atoms with van der Waals surface area (Å²) >= 11 is 0. The largest absolute Gasteiger partial charge is 0.504 e. The first-order chi connectivity index (χ1) is 12.8. The Morgan fingerprint density at radius 1 is 1.04 bits per heavy atom. The van der Waals surface area contributed by atoms with Crippen molar-refractivity contribution in [3.8, 4) is 17.2 Å². The number of nitrogens with zero attached hydrogens (tertiary/aromatic N) is 1. The number of likely N-dealkylation sites (N-methyl/N-ethyl adjacent to an activating group) is 1. The molecular weight excluding hydrogens is 366 g/mol. The van der Waals surface area contributed by atoms with Gasteiger partial charge in [0.2, 0.25) is 5.75 Å². The molecule has 0 amide bonds. The molecule has 8 nitrogen and oxygen atoms in total. The number of ether oxygens (including phenoxy) is 2. The van der Waals surface area contributed by atoms with E-state index in [-0.39, 0.29) is 28.6 Å². The molecule has 0 bridgehead atoms. The fourth-order valence-corrected chi connectivity index (χ4v) is 3.89. The number of hydrogen-bond donors (Lipinski definition) is 2. The van der Waals surface area contributed by atoms with Gasteiger partial charge in [0.1, 0.15) is 0 Å². The van der Waals surface area contributed by atoms with E-state index in [1.54, 1.807) is 6.07 Å². The normalized spacial score (nSPS) is 20.7. The third-order valence-corrected chi connectivity index (χ3v) is 5.17. The zero-order valence-corrected chi connectivity index (χ0v) is 16.1. The van der Waals surface area contributed by atoms with E-state index in [1.807, 2.05) is 19.0 Å². The van der Waals surface area contributed by atoms with Crippen LogP contribution < -0.4 is 9.47 Å². The van der Waals surface area contributed by atoms with Crippen molar-refractivity contribution >= 4 is 11.9 Å². The summed E-state index contributed by atoms with van der Waals surface area (Å²) in [7, 11) is 3.80. The van der Waals surface area contributed by atoms with Crippen LogP contribution >= 0.6 is 0 Å². The number of fused-ring (bicyclic) bond motifs is 1. The second-order valence-corrected chi connectivity index (χ2v) is 7.49. The van der Waals surface area contributed by atoms with E-state index in [4.69, 9.17) is 9.47 Å². The molecular formula is C20H27NO7. The predicted octanol–water partition coefficient (Wildman–Crippen LogP) is 1.29. The van der Waals surface area contributed by atoms with Gasteiger partial charge in [-0.1, -0.05) is 25.3 Å². The van der Waals surface area contributed by atoms with Gasteiger partial charge in [-0.05, 0) is 33.0 Å². The molecule has 1 aliphatic carbocycles. The summed E-state index contributed by atoms with van der Waals surface area (Å²) in [5.41, 5.74) is -0.431. The molecule has 1 saturated carbocycles. The number of carbonyl (C=O) groups is 2. The fourth-order valence-electron chi connectivity index (χ4n) is 3.89. The lowest BCUT2D eigenvalue weighted by molar-refractivity contribution is -0.133. The van der Waals surface area contributed by atoms with Gasteiger partial charge in [-0.3, -0.25) is 0 Å². The van der Waals surface area contributed by atoms with Gasteiger partial charge in [0.15, 0.2) is 11.5 Å². The summed E-state index contributed by atoms with van der Waals surface area (Å²) in [5.74, 6) is -2.40. The Morgan fingerprint density at radius 2 is 1.61 bits per heavy atom. The molecule has 4 N–H and O–H groups in total. The summed E-state index contributed by atoms with van der Waals surface area (Å²) < 4.78 is 10.6. The van der Waals surface area contributed by atoms with Gasteiger partial charge in [0, 0.05) is 30.2 Å². The number of carbonyl (C=O) groups excluding carboxylic acids is 2. The number of benzene rings is 1. The first-order valence-corrected chi connectivity index (χ1v) is 9.15. The Balaban J connectivity index is 0.00000280. The molecule has 1 aliphatic heterocycles. The highest BCUT2D eigenvalue weighted by Gasteiger charge is 2.41. The van der Waals surface area contributed by atoms with Crippen molar-refractivity contribution in [1.29, 1.82) is 0 Å². The predicted molar refractivity (Wildman–Crippen MR) is 101 cm³/mol. The van der Waals surface area contributed by atoms with Gasteiger partial charge in [0.25, 0.3) is 0 Å². The first kappa shape index (κ1) is 21.9. The van der Waals surface area contributed by atoms with Gasteiger partial charge in [-0.25, -0.2) is 9.59 Å². The van der Waals surface area contributed by atoms with E-state index in [0.29, 0.717) is 24.9 Å². The third-order valence-electron chi connectivity index (χ3n) is 5.17. The van der Waals surface area contributed by atoms with Crippen LogP contribution in [-0.4, -0.2) is 58.8 Å². The summed E-state index contributed by atoms with van der Waals surface area (Å²) in [4.78, 5) is 25.8. The SMILES string of the molecule is CN(C)CC(c1ccc(O)c2c1OC(=O)/C=C/C(=O)O2)C1(O)CCCCC1.O. The lowest BCUT2D eigenvalue weighted by atomic mass is 9.72. The average molecular weight is 393 g/mol. The molecule has 1 atom stereocenters. The van der Waals surface area contributed by atoms with E-state index in [1.165, 1.54) is 6.07 Å². The minimum absolute atomic E-state index is 0. The summed E-state index contributed by atoms with van der Waals surface area (Å²) in [5, 5.41) is 21.6. The molecule has 1 heterocycles. The third kappa shape index (κ3) is 4.52. The lowest BCUT2D eigenvalue weighted by Crippen LogP contribution is -2.43.